The van der Waals surface area contributed by atoms with Crippen LogP contribution in [0.2, 0.25) is 0 Å². The Hall–Kier alpha value is -1.43. The molecule has 1 unspecified atom stereocenters. The SMILES string of the molecule is Cc1c(C(=O)N2CCCC(CCBr)C2)cccc1[N+](=O)[O-]. The lowest BCUT2D eigenvalue weighted by Gasteiger charge is -2.33. The van der Waals surface area contributed by atoms with Gasteiger partial charge in [-0.1, -0.05) is 22.0 Å². The topological polar surface area (TPSA) is 63.5 Å². The first-order valence-corrected chi connectivity index (χ1v) is 8.26. The smallest absolute Gasteiger partial charge is 0.273 e. The summed E-state index contributed by atoms with van der Waals surface area (Å²) >= 11 is 3.45. The van der Waals surface area contributed by atoms with E-state index in [1.807, 2.05) is 4.90 Å². The third kappa shape index (κ3) is 3.61. The minimum absolute atomic E-state index is 0.00914. The van der Waals surface area contributed by atoms with E-state index in [0.29, 0.717) is 17.0 Å². The van der Waals surface area contributed by atoms with Crippen molar-refractivity contribution in [1.82, 2.24) is 4.90 Å². The van der Waals surface area contributed by atoms with Crippen LogP contribution in [0.1, 0.15) is 35.2 Å². The molecule has 2 rings (SSSR count). The summed E-state index contributed by atoms with van der Waals surface area (Å²) in [5.41, 5.74) is 0.911. The Kier molecular flexibility index (Phi) is 5.33. The summed E-state index contributed by atoms with van der Waals surface area (Å²) in [6.45, 7) is 3.12. The van der Waals surface area contributed by atoms with E-state index in [4.69, 9.17) is 0 Å². The lowest BCUT2D eigenvalue weighted by molar-refractivity contribution is -0.385. The highest BCUT2D eigenvalue weighted by Gasteiger charge is 2.26. The average molecular weight is 355 g/mol. The molecule has 1 aromatic carbocycles. The van der Waals surface area contributed by atoms with E-state index in [1.54, 1.807) is 19.1 Å². The lowest BCUT2D eigenvalue weighted by Crippen LogP contribution is -2.40. The maximum Gasteiger partial charge on any atom is 0.273 e. The summed E-state index contributed by atoms with van der Waals surface area (Å²) < 4.78 is 0. The number of carbonyl (C=O) groups excluding carboxylic acids is 1. The Bertz CT molecular complexity index is 546. The molecule has 0 aromatic heterocycles. The molecule has 1 amide bonds. The van der Waals surface area contributed by atoms with Crippen LogP contribution in [0.3, 0.4) is 0 Å². The maximum absolute atomic E-state index is 12.6. The van der Waals surface area contributed by atoms with Crippen LogP contribution < -0.4 is 0 Å². The van der Waals surface area contributed by atoms with Crippen molar-refractivity contribution in [1.29, 1.82) is 0 Å². The van der Waals surface area contributed by atoms with E-state index in [0.717, 1.165) is 37.7 Å². The molecular formula is C15H19BrN2O3. The van der Waals surface area contributed by atoms with Gasteiger partial charge in [-0.05, 0) is 38.2 Å². The van der Waals surface area contributed by atoms with Gasteiger partial charge in [-0.25, -0.2) is 0 Å². The number of alkyl halides is 1. The van der Waals surface area contributed by atoms with Gasteiger partial charge in [-0.3, -0.25) is 14.9 Å². The number of nitrogens with zero attached hydrogens (tertiary/aromatic N) is 2. The first kappa shape index (κ1) is 15.9. The molecule has 1 heterocycles. The van der Waals surface area contributed by atoms with Crippen LogP contribution in [0.5, 0.6) is 0 Å². The van der Waals surface area contributed by atoms with Gasteiger partial charge in [0.1, 0.15) is 0 Å². The van der Waals surface area contributed by atoms with Gasteiger partial charge in [0.05, 0.1) is 4.92 Å². The fourth-order valence-electron chi connectivity index (χ4n) is 2.86. The fourth-order valence-corrected chi connectivity index (χ4v) is 3.51. The van der Waals surface area contributed by atoms with Crippen LogP contribution in [0.4, 0.5) is 5.69 Å². The second-order valence-corrected chi connectivity index (χ2v) is 6.24. The second kappa shape index (κ2) is 7.02. The number of rotatable bonds is 4. The molecule has 0 N–H and O–H groups in total. The van der Waals surface area contributed by atoms with Crippen LogP contribution >= 0.6 is 15.9 Å². The molecule has 1 saturated heterocycles. The molecule has 1 aromatic rings. The summed E-state index contributed by atoms with van der Waals surface area (Å²) in [6.07, 6.45) is 3.19. The van der Waals surface area contributed by atoms with Gasteiger partial charge < -0.3 is 4.90 Å². The van der Waals surface area contributed by atoms with Crippen molar-refractivity contribution in [2.45, 2.75) is 26.2 Å². The number of likely N-dealkylation sites (tertiary alicyclic amines) is 1. The quantitative estimate of drug-likeness (QED) is 0.471. The lowest BCUT2D eigenvalue weighted by atomic mass is 9.94. The van der Waals surface area contributed by atoms with Crippen molar-refractivity contribution in [3.05, 3.63) is 39.4 Å². The van der Waals surface area contributed by atoms with E-state index in [2.05, 4.69) is 15.9 Å². The number of nitro groups is 1. The molecule has 0 radical (unpaired) electrons. The third-order valence-electron chi connectivity index (χ3n) is 4.06. The predicted octanol–water partition coefficient (Wildman–Crippen LogP) is 3.54. The van der Waals surface area contributed by atoms with Crippen molar-refractivity contribution in [3.8, 4) is 0 Å². The highest BCUT2D eigenvalue weighted by Crippen LogP contribution is 2.25. The molecule has 0 aliphatic carbocycles. The Labute approximate surface area is 132 Å². The monoisotopic (exact) mass is 354 g/mol. The largest absolute Gasteiger partial charge is 0.338 e. The van der Waals surface area contributed by atoms with Crippen molar-refractivity contribution in [2.24, 2.45) is 5.92 Å². The summed E-state index contributed by atoms with van der Waals surface area (Å²) in [7, 11) is 0. The van der Waals surface area contributed by atoms with Crippen molar-refractivity contribution in [2.75, 3.05) is 18.4 Å². The highest BCUT2D eigenvalue weighted by molar-refractivity contribution is 9.09. The van der Waals surface area contributed by atoms with E-state index in [1.165, 1.54) is 6.07 Å². The number of piperidine rings is 1. The van der Waals surface area contributed by atoms with Crippen molar-refractivity contribution in [3.63, 3.8) is 0 Å². The maximum atomic E-state index is 12.6. The number of carbonyl (C=O) groups is 1. The first-order valence-electron chi connectivity index (χ1n) is 7.13. The zero-order valence-electron chi connectivity index (χ0n) is 12.0. The van der Waals surface area contributed by atoms with Gasteiger partial charge in [-0.15, -0.1) is 0 Å². The first-order chi connectivity index (χ1) is 10.0. The summed E-state index contributed by atoms with van der Waals surface area (Å²) in [4.78, 5) is 25.0. The minimum atomic E-state index is -0.435. The van der Waals surface area contributed by atoms with Gasteiger partial charge in [0.2, 0.25) is 0 Å². The van der Waals surface area contributed by atoms with Crippen LogP contribution in [0.15, 0.2) is 18.2 Å². The molecule has 0 spiro atoms. The summed E-state index contributed by atoms with van der Waals surface area (Å²) in [5.74, 6) is 0.427. The molecule has 21 heavy (non-hydrogen) atoms. The van der Waals surface area contributed by atoms with Gasteiger partial charge in [0.15, 0.2) is 0 Å². The number of nitro benzene ring substituents is 1. The number of halogens is 1. The molecule has 0 saturated carbocycles. The number of benzene rings is 1. The molecular weight excluding hydrogens is 336 g/mol. The van der Waals surface area contributed by atoms with Crippen LogP contribution in [-0.2, 0) is 0 Å². The Morgan fingerprint density at radius 2 is 2.29 bits per heavy atom. The van der Waals surface area contributed by atoms with Crippen LogP contribution in [0.25, 0.3) is 0 Å². The Morgan fingerprint density at radius 1 is 1.52 bits per heavy atom. The molecule has 1 fully saturated rings. The Morgan fingerprint density at radius 3 is 2.95 bits per heavy atom. The fraction of sp³-hybridized carbons (Fsp3) is 0.533. The molecule has 0 bridgehead atoms. The van der Waals surface area contributed by atoms with E-state index in [-0.39, 0.29) is 11.6 Å². The highest BCUT2D eigenvalue weighted by atomic mass is 79.9. The zero-order valence-corrected chi connectivity index (χ0v) is 13.6. The van der Waals surface area contributed by atoms with Crippen LogP contribution in [-0.4, -0.2) is 34.2 Å². The van der Waals surface area contributed by atoms with E-state index in [9.17, 15) is 14.9 Å². The molecule has 1 aliphatic heterocycles. The molecule has 6 heteroatoms. The van der Waals surface area contributed by atoms with Gasteiger partial charge in [0.25, 0.3) is 11.6 Å². The predicted molar refractivity (Wildman–Crippen MR) is 84.9 cm³/mol. The van der Waals surface area contributed by atoms with Crippen molar-refractivity contribution >= 4 is 27.5 Å². The molecule has 114 valence electrons. The van der Waals surface area contributed by atoms with Crippen molar-refractivity contribution < 1.29 is 9.72 Å². The Balaban J connectivity index is 2.20. The standard InChI is InChI=1S/C15H19BrN2O3/c1-11-13(5-2-6-14(11)18(20)21)15(19)17-9-3-4-12(10-17)7-8-16/h2,5-6,12H,3-4,7-10H2,1H3. The van der Waals surface area contributed by atoms with E-state index >= 15 is 0 Å². The average Bonchev–Trinajstić information content (AvgIpc) is 2.47. The number of amides is 1. The van der Waals surface area contributed by atoms with Gasteiger partial charge in [0, 0.05) is 35.6 Å². The van der Waals surface area contributed by atoms with Gasteiger partial charge in [-0.2, -0.15) is 0 Å². The van der Waals surface area contributed by atoms with Crippen LogP contribution in [0, 0.1) is 23.0 Å². The second-order valence-electron chi connectivity index (χ2n) is 5.44. The molecule has 1 aliphatic rings. The summed E-state index contributed by atoms with van der Waals surface area (Å²) in [6, 6.07) is 4.70. The summed E-state index contributed by atoms with van der Waals surface area (Å²) in [5, 5.41) is 11.9. The molecule has 5 nitrogen and oxygen atoms in total. The number of hydrogen-bond donors (Lipinski definition) is 0. The normalized spacial score (nSPS) is 18.6. The number of hydrogen-bond acceptors (Lipinski definition) is 3. The van der Waals surface area contributed by atoms with E-state index < -0.39 is 4.92 Å². The molecule has 1 atom stereocenters. The zero-order chi connectivity index (χ0) is 15.4. The van der Waals surface area contributed by atoms with Gasteiger partial charge >= 0.3 is 0 Å². The third-order valence-corrected chi connectivity index (χ3v) is 4.51. The minimum Gasteiger partial charge on any atom is -0.338 e.